The molecule has 0 aliphatic rings. The van der Waals surface area contributed by atoms with E-state index in [9.17, 15) is 29.4 Å². The predicted octanol–water partition coefficient (Wildman–Crippen LogP) is 2.69. The Morgan fingerprint density at radius 2 is 0.978 bits per heavy atom. The molecule has 0 amide bonds. The number of hydrogen-bond acceptors (Lipinski definition) is 15. The van der Waals surface area contributed by atoms with Crippen molar-refractivity contribution in [1.82, 2.24) is 0 Å². The van der Waals surface area contributed by atoms with E-state index in [0.29, 0.717) is 19.3 Å². The molecule has 4 unspecified atom stereocenters. The number of aliphatic hydroxyl groups excluding tert-OH is 2. The molecular formula is C29H52O15Y2. The molecule has 0 saturated carbocycles. The van der Waals surface area contributed by atoms with Crippen molar-refractivity contribution in [3.8, 4) is 0 Å². The third-order valence-corrected chi connectivity index (χ3v) is 5.78. The van der Waals surface area contributed by atoms with Crippen LogP contribution in [0.5, 0.6) is 0 Å². The first-order valence-electron chi connectivity index (χ1n) is 14.8. The zero-order chi connectivity index (χ0) is 33.8. The number of hydrogen-bond donors (Lipinski definition) is 2. The summed E-state index contributed by atoms with van der Waals surface area (Å²) in [6.45, 7) is 12.4. The van der Waals surface area contributed by atoms with Crippen molar-refractivity contribution in [2.45, 2.75) is 110 Å². The summed E-state index contributed by atoms with van der Waals surface area (Å²) in [7, 11) is 0. The Hall–Kier alpha value is -0.512. The van der Waals surface area contributed by atoms with Gasteiger partial charge in [0.25, 0.3) is 0 Å². The Labute approximate surface area is 322 Å². The third-order valence-electron chi connectivity index (χ3n) is 5.78. The van der Waals surface area contributed by atoms with Crippen molar-refractivity contribution in [3.05, 3.63) is 0 Å². The van der Waals surface area contributed by atoms with Crippen molar-refractivity contribution in [3.63, 3.8) is 0 Å². The quantitative estimate of drug-likeness (QED) is 0.0869. The molecule has 0 heterocycles. The summed E-state index contributed by atoms with van der Waals surface area (Å²) in [5, 5.41) is 19.0. The number of carbonyl (C=O) groups excluding carboxylic acids is 4. The summed E-state index contributed by atoms with van der Waals surface area (Å²) in [5.41, 5.74) is -2.52. The van der Waals surface area contributed by atoms with Crippen LogP contribution in [0.15, 0.2) is 0 Å². The van der Waals surface area contributed by atoms with Crippen LogP contribution in [0.1, 0.15) is 74.7 Å². The summed E-state index contributed by atoms with van der Waals surface area (Å²) < 4.78 is 46.4. The molecule has 0 bridgehead atoms. The third kappa shape index (κ3) is 24.6. The van der Waals surface area contributed by atoms with E-state index in [1.807, 2.05) is 0 Å². The average molecular weight is 819 g/mol. The first kappa shape index (κ1) is 49.9. The van der Waals surface area contributed by atoms with Crippen LogP contribution in [0.2, 0.25) is 0 Å². The fraction of sp³-hybridized carbons (Fsp3) is 0.862. The van der Waals surface area contributed by atoms with Crippen molar-refractivity contribution < 1.29 is 137 Å². The molecule has 15 nitrogen and oxygen atoms in total. The number of rotatable bonds is 23. The first-order chi connectivity index (χ1) is 20.5. The van der Waals surface area contributed by atoms with E-state index in [2.05, 4.69) is 0 Å². The SMILES string of the molecule is CCC(O)COC(=O)C(C)(C)OCCCOC(=O)OC(C)COCC(C)OC(=O)OCCOC(C)(C)C(=O)OCC(O)CC.[Y].[Y]. The minimum absolute atomic E-state index is 0. The standard InChI is InChI=1S/C29H52O15.2Y/c1-9-22(30)18-39-24(32)28(5,6)41-13-11-12-37-26(34)43-20(3)16-36-17-21(4)44-27(35)38-14-15-42-29(7,8)25(33)40-19-23(31)10-2;;/h20-23,30-31H,9-19H2,1-8H3;;. The molecule has 0 rings (SSSR count). The molecule has 4 atom stereocenters. The molecule has 264 valence electrons. The Morgan fingerprint density at radius 1 is 0.587 bits per heavy atom. The summed E-state index contributed by atoms with van der Waals surface area (Å²) in [4.78, 5) is 47.9. The van der Waals surface area contributed by atoms with Crippen LogP contribution in [-0.2, 0) is 118 Å². The summed E-state index contributed by atoms with van der Waals surface area (Å²) in [6, 6.07) is 0. The Kier molecular flexibility index (Phi) is 29.6. The van der Waals surface area contributed by atoms with Crippen molar-refractivity contribution in [1.29, 1.82) is 0 Å². The van der Waals surface area contributed by atoms with Crippen LogP contribution >= 0.6 is 0 Å². The zero-order valence-corrected chi connectivity index (χ0v) is 34.1. The van der Waals surface area contributed by atoms with E-state index in [1.165, 1.54) is 13.8 Å². The van der Waals surface area contributed by atoms with E-state index in [0.717, 1.165) is 0 Å². The molecule has 0 aromatic rings. The van der Waals surface area contributed by atoms with Gasteiger partial charge in [0.15, 0.2) is 11.2 Å². The monoisotopic (exact) mass is 818 g/mol. The fourth-order valence-corrected chi connectivity index (χ4v) is 2.87. The van der Waals surface area contributed by atoms with Crippen molar-refractivity contribution in [2.75, 3.05) is 52.9 Å². The molecule has 0 aromatic heterocycles. The predicted molar refractivity (Wildman–Crippen MR) is 154 cm³/mol. The molecule has 2 N–H and O–H groups in total. The number of ether oxygens (including phenoxy) is 9. The van der Waals surface area contributed by atoms with Gasteiger partial charge in [0.1, 0.15) is 32.0 Å². The van der Waals surface area contributed by atoms with Crippen LogP contribution in [0, 0.1) is 0 Å². The van der Waals surface area contributed by atoms with E-state index in [1.54, 1.807) is 41.5 Å². The Bertz CT molecular complexity index is 856. The number of aliphatic hydroxyl groups is 2. The number of carbonyl (C=O) groups is 4. The first-order valence-corrected chi connectivity index (χ1v) is 14.8. The molecule has 2 radical (unpaired) electrons. The molecule has 0 aliphatic heterocycles. The molecule has 0 aliphatic carbocycles. The molecule has 0 fully saturated rings. The maximum Gasteiger partial charge on any atom is 0.508 e. The normalized spacial score (nSPS) is 13.9. The molecule has 0 saturated heterocycles. The van der Waals surface area contributed by atoms with E-state index < -0.39 is 59.9 Å². The van der Waals surface area contributed by atoms with E-state index in [-0.39, 0.29) is 118 Å². The average Bonchev–Trinajstić information content (AvgIpc) is 2.95. The zero-order valence-electron chi connectivity index (χ0n) is 28.4. The summed E-state index contributed by atoms with van der Waals surface area (Å²) in [6.07, 6.45) is -3.44. The molecule has 46 heavy (non-hydrogen) atoms. The Morgan fingerprint density at radius 3 is 1.39 bits per heavy atom. The van der Waals surface area contributed by atoms with Crippen molar-refractivity contribution >= 4 is 24.2 Å². The second kappa shape index (κ2) is 27.3. The van der Waals surface area contributed by atoms with Gasteiger partial charge in [-0.1, -0.05) is 13.8 Å². The van der Waals surface area contributed by atoms with Gasteiger partial charge in [-0.15, -0.1) is 0 Å². The minimum Gasteiger partial charge on any atom is -0.461 e. The van der Waals surface area contributed by atoms with Gasteiger partial charge in [-0.2, -0.15) is 0 Å². The smallest absolute Gasteiger partial charge is 0.461 e. The van der Waals surface area contributed by atoms with Crippen LogP contribution in [-0.4, -0.2) is 123 Å². The largest absolute Gasteiger partial charge is 0.508 e. The van der Waals surface area contributed by atoms with E-state index >= 15 is 0 Å². The van der Waals surface area contributed by atoms with Gasteiger partial charge in [-0.25, -0.2) is 19.2 Å². The van der Waals surface area contributed by atoms with Gasteiger partial charge in [0.2, 0.25) is 0 Å². The second-order valence-electron chi connectivity index (χ2n) is 11.0. The van der Waals surface area contributed by atoms with Gasteiger partial charge in [0.05, 0.1) is 45.2 Å². The van der Waals surface area contributed by atoms with Crippen LogP contribution in [0.3, 0.4) is 0 Å². The molecule has 0 spiro atoms. The fourth-order valence-electron chi connectivity index (χ4n) is 2.87. The summed E-state index contributed by atoms with van der Waals surface area (Å²) >= 11 is 0. The van der Waals surface area contributed by atoms with Gasteiger partial charge < -0.3 is 52.8 Å². The van der Waals surface area contributed by atoms with Gasteiger partial charge >= 0.3 is 24.2 Å². The molecule has 0 aromatic carbocycles. The van der Waals surface area contributed by atoms with Gasteiger partial charge in [0, 0.05) is 71.8 Å². The van der Waals surface area contributed by atoms with E-state index in [4.69, 9.17) is 42.6 Å². The maximum absolute atomic E-state index is 12.1. The van der Waals surface area contributed by atoms with Crippen molar-refractivity contribution in [2.24, 2.45) is 0 Å². The summed E-state index contributed by atoms with van der Waals surface area (Å²) in [5.74, 6) is -1.26. The maximum atomic E-state index is 12.1. The van der Waals surface area contributed by atoms with Crippen LogP contribution in [0.25, 0.3) is 0 Å². The number of esters is 2. The Balaban J connectivity index is -0.00000924. The van der Waals surface area contributed by atoms with Gasteiger partial charge in [-0.3, -0.25) is 0 Å². The van der Waals surface area contributed by atoms with Crippen LogP contribution < -0.4 is 0 Å². The topological polar surface area (TPSA) is 192 Å². The molecule has 17 heteroatoms. The van der Waals surface area contributed by atoms with Crippen LogP contribution in [0.4, 0.5) is 9.59 Å². The second-order valence-corrected chi connectivity index (χ2v) is 11.0. The molecular weight excluding hydrogens is 766 g/mol. The van der Waals surface area contributed by atoms with Gasteiger partial charge in [-0.05, 0) is 54.4 Å². The minimum atomic E-state index is -1.30.